The van der Waals surface area contributed by atoms with E-state index < -0.39 is 0 Å². The molecule has 1 amide bonds. The van der Waals surface area contributed by atoms with Gasteiger partial charge in [-0.25, -0.2) is 0 Å². The first-order valence-electron chi connectivity index (χ1n) is 7.48. The molecule has 2 aliphatic rings. The highest BCUT2D eigenvalue weighted by Gasteiger charge is 2.26. The Kier molecular flexibility index (Phi) is 3.91. The van der Waals surface area contributed by atoms with Crippen LogP contribution in [0.5, 0.6) is 0 Å². The van der Waals surface area contributed by atoms with Gasteiger partial charge in [-0.3, -0.25) is 9.48 Å². The van der Waals surface area contributed by atoms with Crippen molar-refractivity contribution in [2.24, 2.45) is 0 Å². The molecule has 3 N–H and O–H groups in total. The number of hydrogen-bond donors (Lipinski definition) is 2. The first-order valence-corrected chi connectivity index (χ1v) is 7.48. The van der Waals surface area contributed by atoms with Crippen LogP contribution in [-0.4, -0.2) is 34.9 Å². The SMILES string of the molecule is Nc1cnn(C2CCCC2)c1C(=O)NCC1CCCO1. The number of anilines is 1. The monoisotopic (exact) mass is 278 g/mol. The molecule has 2 fully saturated rings. The van der Waals surface area contributed by atoms with Gasteiger partial charge in [-0.2, -0.15) is 5.10 Å². The van der Waals surface area contributed by atoms with Gasteiger partial charge in [-0.15, -0.1) is 0 Å². The summed E-state index contributed by atoms with van der Waals surface area (Å²) in [5.41, 5.74) is 6.89. The quantitative estimate of drug-likeness (QED) is 0.874. The molecule has 2 heterocycles. The predicted molar refractivity (Wildman–Crippen MR) is 75.5 cm³/mol. The number of nitrogen functional groups attached to an aromatic ring is 1. The number of amides is 1. The van der Waals surface area contributed by atoms with Crippen LogP contribution >= 0.6 is 0 Å². The second kappa shape index (κ2) is 5.83. The Morgan fingerprint density at radius 2 is 2.20 bits per heavy atom. The van der Waals surface area contributed by atoms with Gasteiger partial charge in [-0.1, -0.05) is 12.8 Å². The molecule has 20 heavy (non-hydrogen) atoms. The van der Waals surface area contributed by atoms with Crippen molar-refractivity contribution >= 4 is 11.6 Å². The van der Waals surface area contributed by atoms with Crippen molar-refractivity contribution in [3.05, 3.63) is 11.9 Å². The first-order chi connectivity index (χ1) is 9.75. The zero-order valence-electron chi connectivity index (χ0n) is 11.7. The molecule has 1 saturated carbocycles. The maximum absolute atomic E-state index is 12.4. The zero-order chi connectivity index (χ0) is 13.9. The summed E-state index contributed by atoms with van der Waals surface area (Å²) in [6.07, 6.45) is 8.35. The minimum atomic E-state index is -0.137. The summed E-state index contributed by atoms with van der Waals surface area (Å²) in [6.45, 7) is 1.34. The van der Waals surface area contributed by atoms with Crippen LogP contribution in [0.4, 0.5) is 5.69 Å². The molecule has 3 rings (SSSR count). The van der Waals surface area contributed by atoms with Gasteiger partial charge in [0.25, 0.3) is 5.91 Å². The third-order valence-corrected chi connectivity index (χ3v) is 4.22. The van der Waals surface area contributed by atoms with Gasteiger partial charge < -0.3 is 15.8 Å². The standard InChI is InChI=1S/C14H22N4O2/c15-12-9-17-18(10-4-1-2-5-10)13(12)14(19)16-8-11-6-3-7-20-11/h9-11H,1-8,15H2,(H,16,19). The predicted octanol–water partition coefficient (Wildman–Crippen LogP) is 1.49. The second-order valence-electron chi connectivity index (χ2n) is 5.68. The number of hydrogen-bond acceptors (Lipinski definition) is 4. The molecule has 1 saturated heterocycles. The van der Waals surface area contributed by atoms with Gasteiger partial charge in [0.2, 0.25) is 0 Å². The van der Waals surface area contributed by atoms with Crippen LogP contribution in [0, 0.1) is 0 Å². The Labute approximate surface area is 118 Å². The largest absolute Gasteiger partial charge is 0.396 e. The normalized spacial score (nSPS) is 23.3. The highest BCUT2D eigenvalue weighted by molar-refractivity contribution is 5.97. The third-order valence-electron chi connectivity index (χ3n) is 4.22. The van der Waals surface area contributed by atoms with E-state index in [9.17, 15) is 4.79 Å². The topological polar surface area (TPSA) is 82.2 Å². The van der Waals surface area contributed by atoms with Gasteiger partial charge in [0.1, 0.15) is 5.69 Å². The number of aromatic nitrogens is 2. The molecule has 1 aromatic rings. The van der Waals surface area contributed by atoms with Gasteiger partial charge >= 0.3 is 0 Å². The summed E-state index contributed by atoms with van der Waals surface area (Å²) >= 11 is 0. The number of nitrogens with two attached hydrogens (primary N) is 1. The summed E-state index contributed by atoms with van der Waals surface area (Å²) in [6, 6.07) is 0.316. The van der Waals surface area contributed by atoms with Crippen molar-refractivity contribution in [2.75, 3.05) is 18.9 Å². The average Bonchev–Trinajstić information content (AvgIpc) is 3.17. The van der Waals surface area contributed by atoms with E-state index in [0.29, 0.717) is 24.0 Å². The molecule has 1 aliphatic carbocycles. The second-order valence-corrected chi connectivity index (χ2v) is 5.68. The molecule has 1 unspecified atom stereocenters. The van der Waals surface area contributed by atoms with Crippen molar-refractivity contribution in [2.45, 2.75) is 50.7 Å². The van der Waals surface area contributed by atoms with Crippen LogP contribution in [0.2, 0.25) is 0 Å². The summed E-state index contributed by atoms with van der Waals surface area (Å²) in [4.78, 5) is 12.4. The van der Waals surface area contributed by atoms with E-state index in [1.54, 1.807) is 6.20 Å². The van der Waals surface area contributed by atoms with E-state index >= 15 is 0 Å². The van der Waals surface area contributed by atoms with E-state index in [1.165, 1.54) is 12.8 Å². The molecular formula is C14H22N4O2. The van der Waals surface area contributed by atoms with E-state index in [0.717, 1.165) is 32.3 Å². The fraction of sp³-hybridized carbons (Fsp3) is 0.714. The van der Waals surface area contributed by atoms with Crippen molar-refractivity contribution in [3.8, 4) is 0 Å². The Hall–Kier alpha value is -1.56. The molecule has 6 heteroatoms. The van der Waals surface area contributed by atoms with Crippen molar-refractivity contribution in [1.82, 2.24) is 15.1 Å². The molecule has 110 valence electrons. The van der Waals surface area contributed by atoms with E-state index in [1.807, 2.05) is 4.68 Å². The smallest absolute Gasteiger partial charge is 0.271 e. The molecule has 0 bridgehead atoms. The Balaban J connectivity index is 1.68. The fourth-order valence-corrected chi connectivity index (χ4v) is 3.13. The molecule has 0 aromatic carbocycles. The summed E-state index contributed by atoms with van der Waals surface area (Å²) in [7, 11) is 0. The molecule has 0 spiro atoms. The molecule has 1 atom stereocenters. The molecule has 6 nitrogen and oxygen atoms in total. The third kappa shape index (κ3) is 2.65. The van der Waals surface area contributed by atoms with Crippen LogP contribution in [0.3, 0.4) is 0 Å². The number of carbonyl (C=O) groups is 1. The summed E-state index contributed by atoms with van der Waals surface area (Å²) in [5.74, 6) is -0.137. The molecule has 1 aliphatic heterocycles. The van der Waals surface area contributed by atoms with Gasteiger partial charge in [0.05, 0.1) is 24.0 Å². The molecular weight excluding hydrogens is 256 g/mol. The van der Waals surface area contributed by atoms with Gasteiger partial charge in [0, 0.05) is 13.2 Å². The number of nitrogens with zero attached hydrogens (tertiary/aromatic N) is 2. The Morgan fingerprint density at radius 1 is 1.40 bits per heavy atom. The van der Waals surface area contributed by atoms with Gasteiger partial charge in [0.15, 0.2) is 0 Å². The average molecular weight is 278 g/mol. The molecule has 1 aromatic heterocycles. The first kappa shape index (κ1) is 13.4. The lowest BCUT2D eigenvalue weighted by Gasteiger charge is -2.15. The maximum atomic E-state index is 12.4. The lowest BCUT2D eigenvalue weighted by Crippen LogP contribution is -2.34. The van der Waals surface area contributed by atoms with Crippen molar-refractivity contribution in [3.63, 3.8) is 0 Å². The van der Waals surface area contributed by atoms with Crippen molar-refractivity contribution in [1.29, 1.82) is 0 Å². The van der Waals surface area contributed by atoms with Crippen molar-refractivity contribution < 1.29 is 9.53 Å². The summed E-state index contributed by atoms with van der Waals surface area (Å²) < 4.78 is 7.33. The lowest BCUT2D eigenvalue weighted by molar-refractivity contribution is 0.0847. The van der Waals surface area contributed by atoms with Crippen LogP contribution < -0.4 is 11.1 Å². The number of ether oxygens (including phenoxy) is 1. The number of rotatable bonds is 4. The lowest BCUT2D eigenvalue weighted by atomic mass is 10.2. The van der Waals surface area contributed by atoms with E-state index in [4.69, 9.17) is 10.5 Å². The maximum Gasteiger partial charge on any atom is 0.271 e. The minimum Gasteiger partial charge on any atom is -0.396 e. The van der Waals surface area contributed by atoms with Crippen LogP contribution in [0.1, 0.15) is 55.1 Å². The van der Waals surface area contributed by atoms with Crippen LogP contribution in [-0.2, 0) is 4.74 Å². The highest BCUT2D eigenvalue weighted by Crippen LogP contribution is 2.31. The summed E-state index contributed by atoms with van der Waals surface area (Å²) in [5, 5.41) is 7.23. The molecule has 0 radical (unpaired) electrons. The Bertz CT molecular complexity index is 474. The minimum absolute atomic E-state index is 0.137. The number of carbonyl (C=O) groups excluding carboxylic acids is 1. The van der Waals surface area contributed by atoms with E-state index in [-0.39, 0.29) is 12.0 Å². The van der Waals surface area contributed by atoms with E-state index in [2.05, 4.69) is 10.4 Å². The highest BCUT2D eigenvalue weighted by atomic mass is 16.5. The number of nitrogens with one attached hydrogen (secondary N) is 1. The van der Waals surface area contributed by atoms with Crippen LogP contribution in [0.25, 0.3) is 0 Å². The Morgan fingerprint density at radius 3 is 2.90 bits per heavy atom. The van der Waals surface area contributed by atoms with Crippen LogP contribution in [0.15, 0.2) is 6.20 Å². The fourth-order valence-electron chi connectivity index (χ4n) is 3.13. The van der Waals surface area contributed by atoms with Gasteiger partial charge in [-0.05, 0) is 25.7 Å². The zero-order valence-corrected chi connectivity index (χ0v) is 11.7.